The molecule has 0 amide bonds. The summed E-state index contributed by atoms with van der Waals surface area (Å²) >= 11 is 0. The third-order valence-corrected chi connectivity index (χ3v) is 1.53. The highest BCUT2D eigenvalue weighted by Crippen LogP contribution is 1.93. The molecule has 0 bridgehead atoms. The van der Waals surface area contributed by atoms with Crippen LogP contribution in [-0.2, 0) is 6.42 Å². The lowest BCUT2D eigenvalue weighted by Crippen LogP contribution is -2.08. The van der Waals surface area contributed by atoms with Crippen molar-refractivity contribution in [2.24, 2.45) is 16.8 Å². The van der Waals surface area contributed by atoms with Crippen molar-refractivity contribution in [1.29, 1.82) is 5.26 Å². The molecule has 1 aromatic heterocycles. The summed E-state index contributed by atoms with van der Waals surface area (Å²) in [5, 5.41) is 28.3. The minimum atomic E-state index is 0.273. The van der Waals surface area contributed by atoms with Gasteiger partial charge in [0.05, 0.1) is 6.07 Å². The van der Waals surface area contributed by atoms with Gasteiger partial charge in [-0.3, -0.25) is 0 Å². The lowest BCUT2D eigenvalue weighted by atomic mass is 10.5. The third kappa shape index (κ3) is 18.2. The van der Waals surface area contributed by atoms with Crippen LogP contribution in [0.3, 0.4) is 0 Å². The van der Waals surface area contributed by atoms with Crippen LogP contribution in [0, 0.1) is 18.3 Å². The van der Waals surface area contributed by atoms with Crippen LogP contribution < -0.4 is 11.6 Å². The van der Waals surface area contributed by atoms with Gasteiger partial charge in [-0.15, -0.1) is 0 Å². The van der Waals surface area contributed by atoms with Crippen molar-refractivity contribution in [3.8, 4) is 6.07 Å². The Morgan fingerprint density at radius 2 is 1.90 bits per heavy atom. The zero-order valence-electron chi connectivity index (χ0n) is 12.4. The average Bonchev–Trinajstić information content (AvgIpc) is 2.95. The Balaban J connectivity index is -0.000000215. The second-order valence-electron chi connectivity index (χ2n) is 3.04. The number of aryl methyl sites for hydroxylation is 2. The molecule has 0 atom stereocenters. The van der Waals surface area contributed by atoms with E-state index in [-0.39, 0.29) is 5.84 Å². The van der Waals surface area contributed by atoms with E-state index in [9.17, 15) is 0 Å². The Kier molecular flexibility index (Phi) is 22.0. The van der Waals surface area contributed by atoms with Crippen molar-refractivity contribution in [3.05, 3.63) is 11.7 Å². The van der Waals surface area contributed by atoms with Crippen LogP contribution in [0.2, 0.25) is 0 Å². The maximum Gasteiger partial charge on any atom is 0.223 e. The maximum absolute atomic E-state index is 7.80. The van der Waals surface area contributed by atoms with E-state index in [1.54, 1.807) is 6.92 Å². The predicted molar refractivity (Wildman–Crippen MR) is 74.0 cm³/mol. The summed E-state index contributed by atoms with van der Waals surface area (Å²) in [6.45, 7) is 7.41. The molecule has 1 rings (SSSR count). The number of aromatic nitrogens is 2. The molecule has 0 aliphatic carbocycles. The summed E-state index contributed by atoms with van der Waals surface area (Å²) in [6.07, 6.45) is 2.08. The van der Waals surface area contributed by atoms with Crippen molar-refractivity contribution in [1.82, 2.24) is 10.1 Å². The summed E-state index contributed by atoms with van der Waals surface area (Å²) in [4.78, 5) is 3.95. The van der Waals surface area contributed by atoms with Crippen LogP contribution in [0.5, 0.6) is 0 Å². The summed E-state index contributed by atoms with van der Waals surface area (Å²) in [5.74, 6) is 5.19. The number of nitrogens with zero attached hydrogens (tertiary/aromatic N) is 4. The lowest BCUT2D eigenvalue weighted by Gasteiger charge is -1.82. The first-order valence-electron chi connectivity index (χ1n) is 5.93. The molecule has 0 unspecified atom stereocenters. The molecule has 0 spiro atoms. The van der Waals surface area contributed by atoms with Gasteiger partial charge in [0.2, 0.25) is 5.89 Å². The third-order valence-electron chi connectivity index (χ3n) is 1.53. The lowest BCUT2D eigenvalue weighted by molar-refractivity contribution is 0.311. The van der Waals surface area contributed by atoms with Crippen molar-refractivity contribution in [2.45, 2.75) is 47.0 Å². The summed E-state index contributed by atoms with van der Waals surface area (Å²) in [7, 11) is 0. The van der Waals surface area contributed by atoms with E-state index in [2.05, 4.69) is 21.2 Å². The summed E-state index contributed by atoms with van der Waals surface area (Å²) in [5.41, 5.74) is 4.97. The number of hydrogen-bond donors (Lipinski definition) is 4. The summed E-state index contributed by atoms with van der Waals surface area (Å²) in [6, 6.07) is 1.93. The Labute approximate surface area is 118 Å². The molecule has 20 heavy (non-hydrogen) atoms. The van der Waals surface area contributed by atoms with Gasteiger partial charge in [-0.25, -0.2) is 5.90 Å². The predicted octanol–water partition coefficient (Wildman–Crippen LogP) is 1.34. The highest BCUT2D eigenvalue weighted by atomic mass is 16.5. The number of nitriles is 1. The van der Waals surface area contributed by atoms with Crippen LogP contribution in [-0.4, -0.2) is 26.4 Å². The van der Waals surface area contributed by atoms with Crippen LogP contribution in [0.1, 0.15) is 45.3 Å². The molecule has 0 saturated heterocycles. The standard InChI is InChI=1S/C5H8N2O.C3H8N2O.C3H5N.H3NO/c1-3-5-6-4(2)8-7-5;1-2-3(4)5-6;1-2-3-4;1-2/h3H2,1-2H3;6H,2H2,1H3,(H2,4,5);2H2,1H3;2H,1H2. The number of hydrogen-bond acceptors (Lipinski definition) is 8. The van der Waals surface area contributed by atoms with Crippen molar-refractivity contribution in [3.63, 3.8) is 0 Å². The number of amidine groups is 1. The largest absolute Gasteiger partial charge is 0.409 e. The summed E-state index contributed by atoms with van der Waals surface area (Å²) < 4.78 is 4.69. The van der Waals surface area contributed by atoms with Gasteiger partial charge in [-0.1, -0.05) is 31.1 Å². The van der Waals surface area contributed by atoms with Gasteiger partial charge in [-0.2, -0.15) is 10.2 Å². The first-order chi connectivity index (χ1) is 9.55. The highest BCUT2D eigenvalue weighted by Gasteiger charge is 1.95. The number of rotatable bonds is 2. The second kappa shape index (κ2) is 19.2. The van der Waals surface area contributed by atoms with Crippen molar-refractivity contribution < 1.29 is 14.9 Å². The zero-order chi connectivity index (χ0) is 16.4. The molecule has 0 aromatic carbocycles. The fraction of sp³-hybridized carbons (Fsp3) is 0.636. The minimum absolute atomic E-state index is 0.273. The topological polar surface area (TPSA) is 168 Å². The van der Waals surface area contributed by atoms with E-state index in [0.717, 1.165) is 12.2 Å². The SMILES string of the molecule is CCC#N.CCC(N)=NO.CCc1noc(C)n1.NO. The van der Waals surface area contributed by atoms with Gasteiger partial charge in [0.1, 0.15) is 5.84 Å². The van der Waals surface area contributed by atoms with E-state index >= 15 is 0 Å². The fourth-order valence-electron chi connectivity index (χ4n) is 0.556. The molecule has 1 heterocycles. The molecular formula is C11H24N6O3. The number of oxime groups is 1. The van der Waals surface area contributed by atoms with Crippen LogP contribution in [0.25, 0.3) is 0 Å². The quantitative estimate of drug-likeness (QED) is 0.273. The van der Waals surface area contributed by atoms with Gasteiger partial charge in [0.15, 0.2) is 5.82 Å². The molecule has 0 aliphatic heterocycles. The van der Waals surface area contributed by atoms with Crippen LogP contribution >= 0.6 is 0 Å². The van der Waals surface area contributed by atoms with Gasteiger partial charge in [0.25, 0.3) is 0 Å². The molecule has 116 valence electrons. The van der Waals surface area contributed by atoms with Gasteiger partial charge < -0.3 is 20.7 Å². The van der Waals surface area contributed by atoms with Crippen LogP contribution in [0.4, 0.5) is 0 Å². The van der Waals surface area contributed by atoms with Crippen molar-refractivity contribution >= 4 is 5.84 Å². The van der Waals surface area contributed by atoms with Gasteiger partial charge >= 0.3 is 0 Å². The molecule has 9 heteroatoms. The monoisotopic (exact) mass is 288 g/mol. The molecule has 0 saturated carbocycles. The van der Waals surface area contributed by atoms with E-state index in [0.29, 0.717) is 18.7 Å². The molecule has 0 radical (unpaired) electrons. The van der Waals surface area contributed by atoms with Crippen molar-refractivity contribution in [2.75, 3.05) is 0 Å². The Morgan fingerprint density at radius 3 is 2.00 bits per heavy atom. The van der Waals surface area contributed by atoms with Gasteiger partial charge in [0, 0.05) is 26.2 Å². The van der Waals surface area contributed by atoms with E-state index < -0.39 is 0 Å². The smallest absolute Gasteiger partial charge is 0.223 e. The average molecular weight is 288 g/mol. The molecular weight excluding hydrogens is 264 g/mol. The second-order valence-corrected chi connectivity index (χ2v) is 3.04. The molecule has 0 fully saturated rings. The Morgan fingerprint density at radius 1 is 1.40 bits per heavy atom. The Hall–Kier alpha value is -2.18. The Bertz CT molecular complexity index is 372. The maximum atomic E-state index is 7.80. The van der Waals surface area contributed by atoms with Crippen LogP contribution in [0.15, 0.2) is 9.68 Å². The molecule has 6 N–H and O–H groups in total. The minimum Gasteiger partial charge on any atom is -0.409 e. The molecule has 1 aromatic rings. The normalized spacial score (nSPS) is 8.75. The highest BCUT2D eigenvalue weighted by molar-refractivity contribution is 5.79. The van der Waals surface area contributed by atoms with Gasteiger partial charge in [-0.05, 0) is 0 Å². The zero-order valence-corrected chi connectivity index (χ0v) is 12.4. The molecule has 0 aliphatic rings. The first-order valence-corrected chi connectivity index (χ1v) is 5.93. The fourth-order valence-corrected chi connectivity index (χ4v) is 0.556. The van der Waals surface area contributed by atoms with E-state index in [4.69, 9.17) is 25.9 Å². The number of nitrogens with two attached hydrogens (primary N) is 2. The first kappa shape index (κ1) is 23.0. The van der Waals surface area contributed by atoms with E-state index in [1.165, 1.54) is 0 Å². The molecule has 9 nitrogen and oxygen atoms in total. The van der Waals surface area contributed by atoms with E-state index in [1.807, 2.05) is 26.8 Å².